The predicted molar refractivity (Wildman–Crippen MR) is 121 cm³/mol. The summed E-state index contributed by atoms with van der Waals surface area (Å²) in [5.74, 6) is 0.128. The molecule has 1 atom stereocenters. The van der Waals surface area contributed by atoms with E-state index in [4.69, 9.17) is 4.74 Å². The molecule has 0 aromatic heterocycles. The Hall–Kier alpha value is -2.93. The first kappa shape index (κ1) is 22.7. The van der Waals surface area contributed by atoms with Crippen LogP contribution in [0.1, 0.15) is 24.0 Å². The lowest BCUT2D eigenvalue weighted by Gasteiger charge is -2.30. The van der Waals surface area contributed by atoms with Crippen molar-refractivity contribution < 1.29 is 13.9 Å². The molecule has 1 aliphatic heterocycles. The van der Waals surface area contributed by atoms with Gasteiger partial charge < -0.3 is 20.3 Å². The Morgan fingerprint density at radius 3 is 2.52 bits per heavy atom. The van der Waals surface area contributed by atoms with Crippen LogP contribution in [0.5, 0.6) is 0 Å². The molecule has 1 amide bonds. The summed E-state index contributed by atoms with van der Waals surface area (Å²) in [4.78, 5) is 19.8. The van der Waals surface area contributed by atoms with Crippen molar-refractivity contribution >= 4 is 11.9 Å². The van der Waals surface area contributed by atoms with Crippen LogP contribution in [0.25, 0.3) is 0 Å². The van der Waals surface area contributed by atoms with E-state index in [1.807, 2.05) is 48.2 Å². The molecule has 7 heteroatoms. The molecule has 3 rings (SSSR count). The molecule has 0 aliphatic carbocycles. The molecule has 0 spiro atoms. The summed E-state index contributed by atoms with van der Waals surface area (Å²) in [7, 11) is 0. The highest BCUT2D eigenvalue weighted by atomic mass is 19.1. The Kier molecular flexibility index (Phi) is 8.84. The van der Waals surface area contributed by atoms with E-state index in [1.165, 1.54) is 6.07 Å². The van der Waals surface area contributed by atoms with Crippen LogP contribution in [0.2, 0.25) is 0 Å². The lowest BCUT2D eigenvalue weighted by atomic mass is 9.97. The van der Waals surface area contributed by atoms with Crippen molar-refractivity contribution in [2.24, 2.45) is 4.99 Å². The van der Waals surface area contributed by atoms with Gasteiger partial charge in [0.15, 0.2) is 5.96 Å². The largest absolute Gasteiger partial charge is 0.378 e. The minimum absolute atomic E-state index is 0.0699. The van der Waals surface area contributed by atoms with Gasteiger partial charge in [-0.15, -0.1) is 0 Å². The molecule has 1 aliphatic rings. The van der Waals surface area contributed by atoms with Crippen molar-refractivity contribution in [2.75, 3.05) is 45.9 Å². The smallest absolute Gasteiger partial charge is 0.232 e. The number of carbonyl (C=O) groups excluding carboxylic acids is 1. The lowest BCUT2D eigenvalue weighted by Crippen LogP contribution is -2.44. The number of guanidine groups is 1. The maximum absolute atomic E-state index is 13.8. The number of halogens is 1. The van der Waals surface area contributed by atoms with Gasteiger partial charge in [-0.2, -0.15) is 0 Å². The molecule has 0 radical (unpaired) electrons. The summed E-state index contributed by atoms with van der Waals surface area (Å²) in [5.41, 5.74) is 1.61. The number of aliphatic imine (C=N–C) groups is 1. The molecular weight excluding hydrogens is 395 g/mol. The van der Waals surface area contributed by atoms with Gasteiger partial charge >= 0.3 is 0 Å². The summed E-state index contributed by atoms with van der Waals surface area (Å²) in [5, 5.41) is 6.46. The van der Waals surface area contributed by atoms with Gasteiger partial charge in [0.1, 0.15) is 5.82 Å². The number of nitrogens with zero attached hydrogens (tertiary/aromatic N) is 2. The van der Waals surface area contributed by atoms with Crippen molar-refractivity contribution in [3.8, 4) is 0 Å². The number of rotatable bonds is 8. The number of nitrogens with one attached hydrogen (secondary N) is 2. The minimum Gasteiger partial charge on any atom is -0.378 e. The first-order valence-corrected chi connectivity index (χ1v) is 10.9. The zero-order valence-corrected chi connectivity index (χ0v) is 18.0. The third-order valence-electron chi connectivity index (χ3n) is 5.24. The number of carbonyl (C=O) groups is 1. The van der Waals surface area contributed by atoms with Gasteiger partial charge in [0, 0.05) is 26.2 Å². The fourth-order valence-corrected chi connectivity index (χ4v) is 3.56. The molecule has 1 fully saturated rings. The highest BCUT2D eigenvalue weighted by Crippen LogP contribution is 2.20. The molecule has 0 bridgehead atoms. The van der Waals surface area contributed by atoms with Gasteiger partial charge in [-0.3, -0.25) is 9.79 Å². The summed E-state index contributed by atoms with van der Waals surface area (Å²) in [6.45, 7) is 5.89. The summed E-state index contributed by atoms with van der Waals surface area (Å²) in [6.07, 6.45) is 0.548. The van der Waals surface area contributed by atoms with Crippen LogP contribution in [-0.4, -0.2) is 62.7 Å². The molecule has 1 saturated heterocycles. The Balaban J connectivity index is 1.68. The van der Waals surface area contributed by atoms with E-state index in [0.717, 1.165) is 5.56 Å². The molecule has 2 aromatic carbocycles. The normalized spacial score (nSPS) is 15.4. The summed E-state index contributed by atoms with van der Waals surface area (Å²) < 4.78 is 19.2. The number of ether oxygens (including phenoxy) is 1. The second kappa shape index (κ2) is 12.1. The van der Waals surface area contributed by atoms with E-state index >= 15 is 0 Å². The van der Waals surface area contributed by atoms with Gasteiger partial charge in [0.2, 0.25) is 5.91 Å². The van der Waals surface area contributed by atoms with E-state index < -0.39 is 0 Å². The number of benzene rings is 2. The summed E-state index contributed by atoms with van der Waals surface area (Å²) in [6, 6.07) is 16.5. The molecule has 1 unspecified atom stereocenters. The van der Waals surface area contributed by atoms with E-state index in [9.17, 15) is 9.18 Å². The fraction of sp³-hybridized carbons (Fsp3) is 0.417. The monoisotopic (exact) mass is 426 g/mol. The highest BCUT2D eigenvalue weighted by molar-refractivity contribution is 5.85. The van der Waals surface area contributed by atoms with Gasteiger partial charge in [-0.25, -0.2) is 4.39 Å². The van der Waals surface area contributed by atoms with Crippen molar-refractivity contribution in [3.05, 3.63) is 71.5 Å². The van der Waals surface area contributed by atoms with Crippen molar-refractivity contribution in [1.82, 2.24) is 15.5 Å². The van der Waals surface area contributed by atoms with Crippen LogP contribution in [-0.2, 0) is 16.0 Å². The molecular formula is C24H31FN4O2. The van der Waals surface area contributed by atoms with Crippen molar-refractivity contribution in [3.63, 3.8) is 0 Å². The SMILES string of the molecule is CCNC(=NCC(C(=O)N1CCOCC1)c1ccccc1)NCCc1ccccc1F. The van der Waals surface area contributed by atoms with Crippen LogP contribution in [0.3, 0.4) is 0 Å². The van der Waals surface area contributed by atoms with E-state index in [-0.39, 0.29) is 17.6 Å². The Labute approximate surface area is 183 Å². The van der Waals surface area contributed by atoms with Crippen LogP contribution in [0.15, 0.2) is 59.6 Å². The van der Waals surface area contributed by atoms with Crippen LogP contribution in [0.4, 0.5) is 4.39 Å². The zero-order valence-electron chi connectivity index (χ0n) is 18.0. The summed E-state index contributed by atoms with van der Waals surface area (Å²) >= 11 is 0. The number of morpholine rings is 1. The van der Waals surface area contributed by atoms with E-state index in [0.29, 0.717) is 63.9 Å². The van der Waals surface area contributed by atoms with E-state index in [2.05, 4.69) is 15.6 Å². The Morgan fingerprint density at radius 1 is 1.10 bits per heavy atom. The van der Waals surface area contributed by atoms with Gasteiger partial charge in [0.25, 0.3) is 0 Å². The van der Waals surface area contributed by atoms with Gasteiger partial charge in [-0.05, 0) is 30.5 Å². The molecule has 166 valence electrons. The number of hydrogen-bond acceptors (Lipinski definition) is 3. The second-order valence-corrected chi connectivity index (χ2v) is 7.39. The maximum Gasteiger partial charge on any atom is 0.232 e. The fourth-order valence-electron chi connectivity index (χ4n) is 3.56. The zero-order chi connectivity index (χ0) is 21.9. The second-order valence-electron chi connectivity index (χ2n) is 7.39. The Bertz CT molecular complexity index is 854. The molecule has 2 aromatic rings. The quantitative estimate of drug-likeness (QED) is 0.503. The minimum atomic E-state index is -0.360. The lowest BCUT2D eigenvalue weighted by molar-refractivity contribution is -0.136. The van der Waals surface area contributed by atoms with Gasteiger partial charge in [0.05, 0.1) is 25.7 Å². The predicted octanol–water partition coefficient (Wildman–Crippen LogP) is 2.57. The molecule has 6 nitrogen and oxygen atoms in total. The van der Waals surface area contributed by atoms with Gasteiger partial charge in [-0.1, -0.05) is 48.5 Å². The average molecular weight is 427 g/mol. The van der Waals surface area contributed by atoms with E-state index in [1.54, 1.807) is 12.1 Å². The molecule has 2 N–H and O–H groups in total. The molecule has 1 heterocycles. The number of hydrogen-bond donors (Lipinski definition) is 2. The first-order valence-electron chi connectivity index (χ1n) is 10.9. The Morgan fingerprint density at radius 2 is 1.81 bits per heavy atom. The maximum atomic E-state index is 13.8. The third kappa shape index (κ3) is 6.79. The molecule has 31 heavy (non-hydrogen) atoms. The van der Waals surface area contributed by atoms with Crippen molar-refractivity contribution in [1.29, 1.82) is 0 Å². The van der Waals surface area contributed by atoms with Crippen LogP contribution < -0.4 is 10.6 Å². The van der Waals surface area contributed by atoms with Crippen LogP contribution in [0, 0.1) is 5.82 Å². The average Bonchev–Trinajstić information content (AvgIpc) is 2.81. The highest BCUT2D eigenvalue weighted by Gasteiger charge is 2.27. The van der Waals surface area contributed by atoms with Crippen molar-refractivity contribution in [2.45, 2.75) is 19.3 Å². The first-order chi connectivity index (χ1) is 15.2. The van der Waals surface area contributed by atoms with Crippen LogP contribution >= 0.6 is 0 Å². The third-order valence-corrected chi connectivity index (χ3v) is 5.24. The molecule has 0 saturated carbocycles. The standard InChI is InChI=1S/C24H31FN4O2/c1-2-26-24(27-13-12-20-10-6-7-11-22(20)25)28-18-21(19-8-4-3-5-9-19)23(30)29-14-16-31-17-15-29/h3-11,21H,2,12-18H2,1H3,(H2,26,27,28). The topological polar surface area (TPSA) is 66.0 Å². The number of amides is 1.